The van der Waals surface area contributed by atoms with Gasteiger partial charge < -0.3 is 0 Å². The van der Waals surface area contributed by atoms with Crippen molar-refractivity contribution in [3.63, 3.8) is 0 Å². The molecule has 0 aliphatic heterocycles. The summed E-state index contributed by atoms with van der Waals surface area (Å²) in [5.74, 6) is 1.47. The van der Waals surface area contributed by atoms with E-state index in [9.17, 15) is 0 Å². The molecule has 3 aliphatic rings. The molecule has 0 N–H and O–H groups in total. The average molecular weight is 220 g/mol. The van der Waals surface area contributed by atoms with E-state index in [4.69, 9.17) is 0 Å². The van der Waals surface area contributed by atoms with Crippen LogP contribution in [0.15, 0.2) is 54.1 Å². The zero-order chi connectivity index (χ0) is 11.2. The normalized spacial score (nSPS) is 28.9. The minimum Gasteiger partial charge on any atom is -0.0770 e. The molecule has 0 radical (unpaired) electrons. The smallest absolute Gasteiger partial charge is 0.00243 e. The van der Waals surface area contributed by atoms with Crippen molar-refractivity contribution in [3.8, 4) is 0 Å². The third-order valence-corrected chi connectivity index (χ3v) is 4.45. The van der Waals surface area contributed by atoms with Crippen molar-refractivity contribution in [3.05, 3.63) is 65.3 Å². The lowest BCUT2D eigenvalue weighted by Crippen LogP contribution is -2.15. The number of fused-ring (bicyclic) bond motifs is 4. The summed E-state index contributed by atoms with van der Waals surface area (Å²) >= 11 is 0. The molecule has 3 aliphatic carbocycles. The Morgan fingerprint density at radius 1 is 1.00 bits per heavy atom. The van der Waals surface area contributed by atoms with Crippen LogP contribution in [-0.4, -0.2) is 0 Å². The lowest BCUT2D eigenvalue weighted by Gasteiger charge is -2.29. The van der Waals surface area contributed by atoms with Crippen LogP contribution in [0.1, 0.15) is 24.0 Å². The van der Waals surface area contributed by atoms with Crippen molar-refractivity contribution in [2.45, 2.75) is 19.3 Å². The van der Waals surface area contributed by atoms with E-state index < -0.39 is 0 Å². The lowest BCUT2D eigenvalue weighted by atomic mass is 9.75. The second kappa shape index (κ2) is 3.46. The zero-order valence-corrected chi connectivity index (χ0v) is 9.89. The minimum absolute atomic E-state index is 0.678. The molecule has 0 bridgehead atoms. The molecule has 1 aromatic carbocycles. The molecule has 0 spiro atoms. The van der Waals surface area contributed by atoms with E-state index >= 15 is 0 Å². The number of hydrogen-bond acceptors (Lipinski definition) is 0. The first-order valence-corrected chi connectivity index (χ1v) is 6.61. The molecule has 0 aromatic heterocycles. The van der Waals surface area contributed by atoms with Gasteiger partial charge in [-0.2, -0.15) is 0 Å². The molecule has 4 rings (SSSR count). The molecule has 0 fully saturated rings. The van der Waals surface area contributed by atoms with E-state index in [-0.39, 0.29) is 0 Å². The molecule has 0 amide bonds. The van der Waals surface area contributed by atoms with E-state index in [1.807, 2.05) is 0 Å². The van der Waals surface area contributed by atoms with Crippen molar-refractivity contribution >= 4 is 5.57 Å². The first-order chi connectivity index (χ1) is 8.43. The highest BCUT2D eigenvalue weighted by molar-refractivity contribution is 5.80. The Bertz CT molecular complexity index is 557. The molecule has 0 heteroatoms. The first kappa shape index (κ1) is 9.47. The van der Waals surface area contributed by atoms with Gasteiger partial charge in [0, 0.05) is 5.92 Å². The Labute approximate surface area is 102 Å². The standard InChI is InChI=1S/C17H16/c1-3-7-15-12(5-1)9-10-14-11-13-6-2-4-8-16(13)17(14)15/h1-8,12,14H,9-11H2. The van der Waals surface area contributed by atoms with Crippen LogP contribution in [0.5, 0.6) is 0 Å². The summed E-state index contributed by atoms with van der Waals surface area (Å²) in [7, 11) is 0. The van der Waals surface area contributed by atoms with E-state index in [2.05, 4.69) is 48.6 Å². The molecule has 2 unspecified atom stereocenters. The van der Waals surface area contributed by atoms with Gasteiger partial charge in [0.15, 0.2) is 0 Å². The molecule has 17 heavy (non-hydrogen) atoms. The fourth-order valence-electron chi connectivity index (χ4n) is 3.69. The Balaban J connectivity index is 1.95. The van der Waals surface area contributed by atoms with Crippen LogP contribution in [0.3, 0.4) is 0 Å². The van der Waals surface area contributed by atoms with Crippen molar-refractivity contribution in [2.75, 3.05) is 0 Å². The van der Waals surface area contributed by atoms with Crippen LogP contribution in [0, 0.1) is 11.8 Å². The molecule has 0 saturated carbocycles. The van der Waals surface area contributed by atoms with E-state index in [1.54, 1.807) is 16.7 Å². The van der Waals surface area contributed by atoms with Gasteiger partial charge in [-0.3, -0.25) is 0 Å². The van der Waals surface area contributed by atoms with Crippen LogP contribution in [0.4, 0.5) is 0 Å². The maximum absolute atomic E-state index is 2.37. The average Bonchev–Trinajstić information content (AvgIpc) is 2.77. The fourth-order valence-corrected chi connectivity index (χ4v) is 3.69. The van der Waals surface area contributed by atoms with Gasteiger partial charge in [0.05, 0.1) is 0 Å². The topological polar surface area (TPSA) is 0 Å². The zero-order valence-electron chi connectivity index (χ0n) is 9.89. The monoisotopic (exact) mass is 220 g/mol. The molecule has 2 atom stereocenters. The van der Waals surface area contributed by atoms with Crippen molar-refractivity contribution in [2.24, 2.45) is 11.8 Å². The van der Waals surface area contributed by atoms with Crippen LogP contribution < -0.4 is 0 Å². The molecule has 1 aromatic rings. The number of rotatable bonds is 0. The molecule has 84 valence electrons. The largest absolute Gasteiger partial charge is 0.0770 e. The summed E-state index contributed by atoms with van der Waals surface area (Å²) in [6.45, 7) is 0. The number of benzene rings is 1. The van der Waals surface area contributed by atoms with Gasteiger partial charge in [0.1, 0.15) is 0 Å². The van der Waals surface area contributed by atoms with Crippen LogP contribution in [0.2, 0.25) is 0 Å². The van der Waals surface area contributed by atoms with E-state index in [0.717, 1.165) is 5.92 Å². The quantitative estimate of drug-likeness (QED) is 0.616. The highest BCUT2D eigenvalue weighted by Crippen LogP contribution is 2.48. The van der Waals surface area contributed by atoms with E-state index in [1.165, 1.54) is 24.8 Å². The Kier molecular flexibility index (Phi) is 1.93. The second-order valence-electron chi connectivity index (χ2n) is 5.36. The summed E-state index contributed by atoms with van der Waals surface area (Å²) in [5.41, 5.74) is 6.33. The van der Waals surface area contributed by atoms with Gasteiger partial charge in [0.2, 0.25) is 0 Å². The molecule has 0 heterocycles. The molecule has 0 saturated heterocycles. The third-order valence-electron chi connectivity index (χ3n) is 4.45. The van der Waals surface area contributed by atoms with Crippen LogP contribution in [0.25, 0.3) is 5.57 Å². The Morgan fingerprint density at radius 2 is 1.94 bits per heavy atom. The third kappa shape index (κ3) is 1.30. The Morgan fingerprint density at radius 3 is 2.94 bits per heavy atom. The summed E-state index contributed by atoms with van der Waals surface area (Å²) in [4.78, 5) is 0. The predicted octanol–water partition coefficient (Wildman–Crippen LogP) is 4.15. The van der Waals surface area contributed by atoms with Gasteiger partial charge >= 0.3 is 0 Å². The fraction of sp³-hybridized carbons (Fsp3) is 0.294. The molecule has 0 nitrogen and oxygen atoms in total. The molecular weight excluding hydrogens is 204 g/mol. The van der Waals surface area contributed by atoms with Crippen LogP contribution in [-0.2, 0) is 6.42 Å². The maximum Gasteiger partial charge on any atom is 0.00243 e. The van der Waals surface area contributed by atoms with Gasteiger partial charge in [-0.25, -0.2) is 0 Å². The van der Waals surface area contributed by atoms with Crippen molar-refractivity contribution < 1.29 is 0 Å². The minimum atomic E-state index is 0.678. The molecular formula is C17H16. The SMILES string of the molecule is C1=CC2=C3c4ccccc4CC3CCC2C=C1. The van der Waals surface area contributed by atoms with Gasteiger partial charge in [-0.05, 0) is 47.5 Å². The van der Waals surface area contributed by atoms with Gasteiger partial charge in [-0.15, -0.1) is 0 Å². The van der Waals surface area contributed by atoms with Crippen molar-refractivity contribution in [1.82, 2.24) is 0 Å². The summed E-state index contributed by atoms with van der Waals surface area (Å²) in [6.07, 6.45) is 13.1. The van der Waals surface area contributed by atoms with Crippen LogP contribution >= 0.6 is 0 Å². The highest BCUT2D eigenvalue weighted by Gasteiger charge is 2.34. The predicted molar refractivity (Wildman–Crippen MR) is 71.6 cm³/mol. The van der Waals surface area contributed by atoms with Gasteiger partial charge in [0.25, 0.3) is 0 Å². The summed E-state index contributed by atoms with van der Waals surface area (Å²) in [6, 6.07) is 8.97. The lowest BCUT2D eigenvalue weighted by molar-refractivity contribution is 0.512. The summed E-state index contributed by atoms with van der Waals surface area (Å²) < 4.78 is 0. The van der Waals surface area contributed by atoms with E-state index in [0.29, 0.717) is 5.92 Å². The highest BCUT2D eigenvalue weighted by atomic mass is 14.4. The second-order valence-corrected chi connectivity index (χ2v) is 5.36. The van der Waals surface area contributed by atoms with Gasteiger partial charge in [-0.1, -0.05) is 48.6 Å². The number of allylic oxidation sites excluding steroid dienone is 6. The maximum atomic E-state index is 2.37. The first-order valence-electron chi connectivity index (χ1n) is 6.61. The number of hydrogen-bond donors (Lipinski definition) is 0. The van der Waals surface area contributed by atoms with Crippen molar-refractivity contribution in [1.29, 1.82) is 0 Å². The summed E-state index contributed by atoms with van der Waals surface area (Å²) in [5, 5.41) is 0. The Hall–Kier alpha value is -1.56.